The van der Waals surface area contributed by atoms with Crippen LogP contribution in [0.25, 0.3) is 6.08 Å². The first-order valence-corrected chi connectivity index (χ1v) is 6.88. The fraction of sp³-hybridized carbons (Fsp3) is 0.222. The van der Waals surface area contributed by atoms with Crippen molar-refractivity contribution in [3.63, 3.8) is 0 Å². The van der Waals surface area contributed by atoms with Crippen LogP contribution in [0.5, 0.6) is 11.5 Å². The molecule has 0 fully saturated rings. The summed E-state index contributed by atoms with van der Waals surface area (Å²) in [5, 5.41) is 9.79. The molecule has 0 aliphatic heterocycles. The minimum Gasteiger partial charge on any atom is -0.457 e. The molecule has 0 aromatic heterocycles. The molecule has 2 nitrogen and oxygen atoms in total. The number of hydrogen-bond acceptors (Lipinski definition) is 2. The molecule has 1 N–H and O–H groups in total. The van der Waals surface area contributed by atoms with E-state index < -0.39 is 0 Å². The Hall–Kier alpha value is -2.06. The van der Waals surface area contributed by atoms with Crippen molar-refractivity contribution >= 4 is 6.08 Å². The molecule has 0 bridgehead atoms. The lowest BCUT2D eigenvalue weighted by Crippen LogP contribution is -2.05. The van der Waals surface area contributed by atoms with Gasteiger partial charge in [-0.3, -0.25) is 0 Å². The fourth-order valence-electron chi connectivity index (χ4n) is 1.97. The lowest BCUT2D eigenvalue weighted by atomic mass is 10.1. The van der Waals surface area contributed by atoms with Gasteiger partial charge in [0.25, 0.3) is 0 Å². The Balaban J connectivity index is 2.16. The Kier molecular flexibility index (Phi) is 4.97. The third kappa shape index (κ3) is 3.97. The quantitative estimate of drug-likeness (QED) is 0.855. The number of para-hydroxylation sites is 1. The van der Waals surface area contributed by atoms with Crippen LogP contribution in [0.3, 0.4) is 0 Å². The Morgan fingerprint density at radius 2 is 1.80 bits per heavy atom. The highest BCUT2D eigenvalue weighted by atomic mass is 16.5. The normalized spacial score (nSPS) is 13.1. The van der Waals surface area contributed by atoms with Crippen LogP contribution in [0.4, 0.5) is 0 Å². The van der Waals surface area contributed by atoms with Crippen molar-refractivity contribution in [3.05, 3.63) is 65.7 Å². The van der Waals surface area contributed by atoms with Crippen molar-refractivity contribution in [2.75, 3.05) is 0 Å². The molecule has 2 aromatic rings. The molecule has 1 unspecified atom stereocenters. The summed E-state index contributed by atoms with van der Waals surface area (Å²) >= 11 is 0. The largest absolute Gasteiger partial charge is 0.457 e. The number of rotatable bonds is 5. The Labute approximate surface area is 120 Å². The smallest absolute Gasteiger partial charge is 0.128 e. The number of hydrogen-bond donors (Lipinski definition) is 1. The van der Waals surface area contributed by atoms with Gasteiger partial charge in [-0.05, 0) is 48.7 Å². The van der Waals surface area contributed by atoms with E-state index in [-0.39, 0.29) is 6.10 Å². The molecule has 0 heterocycles. The van der Waals surface area contributed by atoms with E-state index in [0.29, 0.717) is 0 Å². The zero-order chi connectivity index (χ0) is 14.4. The highest BCUT2D eigenvalue weighted by molar-refractivity contribution is 5.55. The minimum absolute atomic E-state index is 0.381. The van der Waals surface area contributed by atoms with Crippen molar-refractivity contribution < 1.29 is 9.84 Å². The second-order valence-corrected chi connectivity index (χ2v) is 4.80. The first kappa shape index (κ1) is 14.4. The molecule has 0 saturated heterocycles. The third-order valence-electron chi connectivity index (χ3n) is 3.14. The molecule has 0 aliphatic carbocycles. The van der Waals surface area contributed by atoms with Gasteiger partial charge in [0.1, 0.15) is 11.5 Å². The van der Waals surface area contributed by atoms with Crippen molar-refractivity contribution in [3.8, 4) is 11.5 Å². The van der Waals surface area contributed by atoms with Crippen LogP contribution in [0.1, 0.15) is 25.8 Å². The zero-order valence-electron chi connectivity index (χ0n) is 11.9. The molecule has 0 amide bonds. The monoisotopic (exact) mass is 268 g/mol. The zero-order valence-corrected chi connectivity index (χ0v) is 11.9. The van der Waals surface area contributed by atoms with E-state index in [1.54, 1.807) is 0 Å². The van der Waals surface area contributed by atoms with Crippen LogP contribution in [0.2, 0.25) is 0 Å². The van der Waals surface area contributed by atoms with Crippen LogP contribution in [-0.2, 0) is 0 Å². The summed E-state index contributed by atoms with van der Waals surface area (Å²) in [6.07, 6.45) is 2.34. The molecule has 1 atom stereocenters. The molecule has 0 aliphatic rings. The van der Waals surface area contributed by atoms with Crippen LogP contribution >= 0.6 is 0 Å². The number of aliphatic hydroxyl groups excluding tert-OH is 1. The summed E-state index contributed by atoms with van der Waals surface area (Å²) in [5.74, 6) is 1.61. The van der Waals surface area contributed by atoms with Gasteiger partial charge in [0.15, 0.2) is 0 Å². The Morgan fingerprint density at radius 1 is 1.10 bits per heavy atom. The lowest BCUT2D eigenvalue weighted by molar-refractivity contribution is 0.208. The average Bonchev–Trinajstić information content (AvgIpc) is 2.47. The van der Waals surface area contributed by atoms with Crippen molar-refractivity contribution in [2.24, 2.45) is 0 Å². The maximum absolute atomic E-state index is 9.79. The average molecular weight is 268 g/mol. The third-order valence-corrected chi connectivity index (χ3v) is 3.14. The van der Waals surface area contributed by atoms with E-state index in [0.717, 1.165) is 29.1 Å². The first-order valence-electron chi connectivity index (χ1n) is 6.88. The van der Waals surface area contributed by atoms with E-state index in [4.69, 9.17) is 4.74 Å². The maximum atomic E-state index is 9.79. The standard InChI is InChI=1S/C18H20O2/c1-3-18(19)14(2)12-15-8-7-11-17(13-15)20-16-9-5-4-6-10-16/h4-13,18-19H,3H2,1-2H3. The van der Waals surface area contributed by atoms with Crippen molar-refractivity contribution in [2.45, 2.75) is 26.4 Å². The molecular weight excluding hydrogens is 248 g/mol. The summed E-state index contributed by atoms with van der Waals surface area (Å²) in [6.45, 7) is 3.91. The second-order valence-electron chi connectivity index (χ2n) is 4.80. The second kappa shape index (κ2) is 6.92. The summed E-state index contributed by atoms with van der Waals surface area (Å²) < 4.78 is 5.80. The molecule has 2 heteroatoms. The van der Waals surface area contributed by atoms with E-state index in [1.807, 2.05) is 74.5 Å². The van der Waals surface area contributed by atoms with Gasteiger partial charge in [-0.1, -0.05) is 43.3 Å². The summed E-state index contributed by atoms with van der Waals surface area (Å²) in [7, 11) is 0. The molecule has 2 aromatic carbocycles. The van der Waals surface area contributed by atoms with Crippen LogP contribution in [-0.4, -0.2) is 11.2 Å². The SMILES string of the molecule is CCC(O)C(C)=Cc1cccc(Oc2ccccc2)c1. The highest BCUT2D eigenvalue weighted by Crippen LogP contribution is 2.23. The Bertz CT molecular complexity index is 573. The minimum atomic E-state index is -0.381. The number of ether oxygens (including phenoxy) is 1. The van der Waals surface area contributed by atoms with Crippen LogP contribution in [0, 0.1) is 0 Å². The molecule has 0 radical (unpaired) electrons. The van der Waals surface area contributed by atoms with Gasteiger partial charge < -0.3 is 9.84 Å². The summed E-state index contributed by atoms with van der Waals surface area (Å²) in [4.78, 5) is 0. The predicted octanol–water partition coefficient (Wildman–Crippen LogP) is 4.65. The van der Waals surface area contributed by atoms with Gasteiger partial charge in [0.05, 0.1) is 6.10 Å². The van der Waals surface area contributed by atoms with Gasteiger partial charge in [0.2, 0.25) is 0 Å². The van der Waals surface area contributed by atoms with E-state index in [1.165, 1.54) is 0 Å². The summed E-state index contributed by atoms with van der Waals surface area (Å²) in [5.41, 5.74) is 1.99. The number of benzene rings is 2. The van der Waals surface area contributed by atoms with E-state index in [9.17, 15) is 5.11 Å². The van der Waals surface area contributed by atoms with Gasteiger partial charge >= 0.3 is 0 Å². The molecular formula is C18H20O2. The van der Waals surface area contributed by atoms with Gasteiger partial charge in [0, 0.05) is 0 Å². The van der Waals surface area contributed by atoms with E-state index in [2.05, 4.69) is 0 Å². The van der Waals surface area contributed by atoms with Crippen molar-refractivity contribution in [1.29, 1.82) is 0 Å². The molecule has 104 valence electrons. The molecule has 0 saturated carbocycles. The number of aliphatic hydroxyl groups is 1. The summed E-state index contributed by atoms with van der Waals surface area (Å²) in [6, 6.07) is 17.6. The molecule has 0 spiro atoms. The van der Waals surface area contributed by atoms with Crippen molar-refractivity contribution in [1.82, 2.24) is 0 Å². The molecule has 2 rings (SSSR count). The predicted molar refractivity (Wildman–Crippen MR) is 82.9 cm³/mol. The topological polar surface area (TPSA) is 29.5 Å². The van der Waals surface area contributed by atoms with Gasteiger partial charge in [-0.2, -0.15) is 0 Å². The lowest BCUT2D eigenvalue weighted by Gasteiger charge is -2.09. The maximum Gasteiger partial charge on any atom is 0.128 e. The highest BCUT2D eigenvalue weighted by Gasteiger charge is 2.03. The first-order chi connectivity index (χ1) is 9.69. The van der Waals surface area contributed by atoms with Gasteiger partial charge in [-0.25, -0.2) is 0 Å². The fourth-order valence-corrected chi connectivity index (χ4v) is 1.97. The van der Waals surface area contributed by atoms with Crippen LogP contribution < -0.4 is 4.74 Å². The van der Waals surface area contributed by atoms with Gasteiger partial charge in [-0.15, -0.1) is 0 Å². The van der Waals surface area contributed by atoms with E-state index >= 15 is 0 Å². The molecule has 20 heavy (non-hydrogen) atoms. The van der Waals surface area contributed by atoms with Crippen LogP contribution in [0.15, 0.2) is 60.2 Å². The Morgan fingerprint density at radius 3 is 2.50 bits per heavy atom.